The molecule has 2 aromatic carbocycles. The molecule has 1 amide bonds. The third-order valence-corrected chi connectivity index (χ3v) is 4.63. The van der Waals surface area contributed by atoms with Crippen LogP contribution in [0, 0.1) is 0 Å². The second-order valence-corrected chi connectivity index (χ2v) is 7.52. The van der Waals surface area contributed by atoms with Gasteiger partial charge in [0, 0.05) is 30.8 Å². The minimum atomic E-state index is -0.107. The summed E-state index contributed by atoms with van der Waals surface area (Å²) in [6.45, 7) is 8.23. The summed E-state index contributed by atoms with van der Waals surface area (Å²) in [7, 11) is 3.41. The zero-order valence-electron chi connectivity index (χ0n) is 18.3. The van der Waals surface area contributed by atoms with Crippen molar-refractivity contribution < 1.29 is 14.3 Å². The lowest BCUT2D eigenvalue weighted by Crippen LogP contribution is -2.21. The van der Waals surface area contributed by atoms with Crippen molar-refractivity contribution in [1.82, 2.24) is 4.90 Å². The Morgan fingerprint density at radius 3 is 2.14 bits per heavy atom. The van der Waals surface area contributed by atoms with E-state index in [-0.39, 0.29) is 17.8 Å². The maximum Gasteiger partial charge on any atom is 0.253 e. The number of ketones is 1. The smallest absolute Gasteiger partial charge is 0.253 e. The van der Waals surface area contributed by atoms with Gasteiger partial charge in [-0.15, -0.1) is 0 Å². The van der Waals surface area contributed by atoms with Crippen molar-refractivity contribution >= 4 is 17.8 Å². The molecule has 0 fully saturated rings. The number of carbonyl (C=O) groups is 2. The first kappa shape index (κ1) is 22.4. The van der Waals surface area contributed by atoms with Gasteiger partial charge in [0.15, 0.2) is 5.78 Å². The first-order chi connectivity index (χ1) is 13.8. The van der Waals surface area contributed by atoms with Gasteiger partial charge in [-0.3, -0.25) is 9.59 Å². The van der Waals surface area contributed by atoms with Gasteiger partial charge in [-0.05, 0) is 68.2 Å². The second-order valence-electron chi connectivity index (χ2n) is 7.52. The van der Waals surface area contributed by atoms with E-state index < -0.39 is 0 Å². The fourth-order valence-corrected chi connectivity index (χ4v) is 3.05. The highest BCUT2D eigenvalue weighted by atomic mass is 16.5. The summed E-state index contributed by atoms with van der Waals surface area (Å²) in [5.74, 6) is 0.651. The summed E-state index contributed by atoms with van der Waals surface area (Å²) in [4.78, 5) is 26.2. The molecule has 0 aliphatic heterocycles. The number of ether oxygens (including phenoxy) is 1. The number of aryl methyl sites for hydroxylation is 2. The van der Waals surface area contributed by atoms with Crippen molar-refractivity contribution in [2.24, 2.45) is 0 Å². The molecule has 0 saturated carbocycles. The average Bonchev–Trinajstić information content (AvgIpc) is 2.71. The third kappa shape index (κ3) is 5.80. The van der Waals surface area contributed by atoms with E-state index in [4.69, 9.17) is 4.74 Å². The molecule has 0 N–H and O–H groups in total. The Morgan fingerprint density at radius 2 is 1.62 bits per heavy atom. The van der Waals surface area contributed by atoms with E-state index >= 15 is 0 Å². The molecular formula is C25H31NO3. The minimum absolute atomic E-state index is 0.0532. The predicted molar refractivity (Wildman–Crippen MR) is 119 cm³/mol. The highest BCUT2D eigenvalue weighted by Gasteiger charge is 2.12. The van der Waals surface area contributed by atoms with Gasteiger partial charge in [0.2, 0.25) is 0 Å². The molecule has 0 aromatic heterocycles. The van der Waals surface area contributed by atoms with Gasteiger partial charge < -0.3 is 9.64 Å². The van der Waals surface area contributed by atoms with Crippen LogP contribution < -0.4 is 4.74 Å². The number of hydrogen-bond acceptors (Lipinski definition) is 3. The molecular weight excluding hydrogens is 362 g/mol. The minimum Gasteiger partial charge on any atom is -0.490 e. The Labute approximate surface area is 174 Å². The van der Waals surface area contributed by atoms with Crippen LogP contribution in [0.15, 0.2) is 42.5 Å². The van der Waals surface area contributed by atoms with Gasteiger partial charge in [0.05, 0.1) is 6.10 Å². The van der Waals surface area contributed by atoms with Crippen LogP contribution in [0.5, 0.6) is 5.75 Å². The summed E-state index contributed by atoms with van der Waals surface area (Å²) in [5.41, 5.74) is 4.40. The molecule has 0 bridgehead atoms. The van der Waals surface area contributed by atoms with E-state index in [1.165, 1.54) is 10.5 Å². The predicted octanol–water partition coefficient (Wildman–Crippen LogP) is 5.20. The standard InChI is InChI=1S/C25H31NO3/c1-7-18-15-19(8-2)24(29-17(3)4)22(16-18)13-14-23(27)20-9-11-21(12-10-20)25(28)26(5)6/h9-17H,7-8H2,1-6H3/b14-13+. The Balaban J connectivity index is 2.32. The average molecular weight is 394 g/mol. The molecule has 0 heterocycles. The molecule has 0 unspecified atom stereocenters. The van der Waals surface area contributed by atoms with E-state index in [0.29, 0.717) is 11.1 Å². The lowest BCUT2D eigenvalue weighted by Gasteiger charge is -2.18. The van der Waals surface area contributed by atoms with Crippen LogP contribution in [0.2, 0.25) is 0 Å². The van der Waals surface area contributed by atoms with Crippen molar-refractivity contribution in [3.63, 3.8) is 0 Å². The Kier molecular flexibility index (Phi) is 7.77. The van der Waals surface area contributed by atoms with Gasteiger partial charge in [-0.1, -0.05) is 32.0 Å². The molecule has 0 spiro atoms. The van der Waals surface area contributed by atoms with Crippen LogP contribution in [0.3, 0.4) is 0 Å². The molecule has 0 aliphatic carbocycles. The first-order valence-corrected chi connectivity index (χ1v) is 10.1. The normalized spacial score (nSPS) is 11.1. The Bertz CT molecular complexity index is 893. The van der Waals surface area contributed by atoms with E-state index in [1.807, 2.05) is 19.9 Å². The number of hydrogen-bond donors (Lipinski definition) is 0. The van der Waals surface area contributed by atoms with Crippen molar-refractivity contribution in [3.05, 3.63) is 70.3 Å². The molecule has 4 heteroatoms. The summed E-state index contributed by atoms with van der Waals surface area (Å²) < 4.78 is 6.06. The van der Waals surface area contributed by atoms with Crippen molar-refractivity contribution in [2.45, 2.75) is 46.6 Å². The highest BCUT2D eigenvalue weighted by molar-refractivity contribution is 6.07. The van der Waals surface area contributed by atoms with E-state index in [9.17, 15) is 9.59 Å². The molecule has 0 atom stereocenters. The number of amides is 1. The fraction of sp³-hybridized carbons (Fsp3) is 0.360. The quantitative estimate of drug-likeness (QED) is 0.458. The summed E-state index contributed by atoms with van der Waals surface area (Å²) >= 11 is 0. The van der Waals surface area contributed by atoms with Crippen LogP contribution in [-0.2, 0) is 12.8 Å². The fourth-order valence-electron chi connectivity index (χ4n) is 3.05. The van der Waals surface area contributed by atoms with Crippen molar-refractivity contribution in [1.29, 1.82) is 0 Å². The maximum absolute atomic E-state index is 12.7. The molecule has 154 valence electrons. The largest absolute Gasteiger partial charge is 0.490 e. The lowest BCUT2D eigenvalue weighted by atomic mass is 9.99. The molecule has 0 radical (unpaired) electrons. The summed E-state index contributed by atoms with van der Waals surface area (Å²) in [6, 6.07) is 11.0. The second kappa shape index (κ2) is 10.1. The van der Waals surface area contributed by atoms with Crippen LogP contribution in [0.4, 0.5) is 0 Å². The number of benzene rings is 2. The van der Waals surface area contributed by atoms with Crippen LogP contribution in [0.1, 0.15) is 65.1 Å². The molecule has 0 aliphatic rings. The van der Waals surface area contributed by atoms with Crippen molar-refractivity contribution in [3.8, 4) is 5.75 Å². The maximum atomic E-state index is 12.7. The third-order valence-electron chi connectivity index (χ3n) is 4.63. The van der Waals surface area contributed by atoms with Gasteiger partial charge in [0.25, 0.3) is 5.91 Å². The zero-order chi connectivity index (χ0) is 21.6. The SMILES string of the molecule is CCc1cc(/C=C/C(=O)c2ccc(C(=O)N(C)C)cc2)c(OC(C)C)c(CC)c1. The van der Waals surface area contributed by atoms with E-state index in [0.717, 1.165) is 29.7 Å². The Hall–Kier alpha value is -2.88. The van der Waals surface area contributed by atoms with Crippen molar-refractivity contribution in [2.75, 3.05) is 14.1 Å². The molecule has 2 rings (SSSR count). The monoisotopic (exact) mass is 393 g/mol. The number of rotatable bonds is 8. The topological polar surface area (TPSA) is 46.6 Å². The van der Waals surface area contributed by atoms with Crippen LogP contribution in [-0.4, -0.2) is 36.8 Å². The molecule has 4 nitrogen and oxygen atoms in total. The number of nitrogens with zero attached hydrogens (tertiary/aromatic N) is 1. The summed E-state index contributed by atoms with van der Waals surface area (Å²) in [5, 5.41) is 0. The van der Waals surface area contributed by atoms with Gasteiger partial charge in [0.1, 0.15) is 5.75 Å². The Morgan fingerprint density at radius 1 is 1.00 bits per heavy atom. The lowest BCUT2D eigenvalue weighted by molar-refractivity contribution is 0.0827. The van der Waals surface area contributed by atoms with Crippen LogP contribution in [0.25, 0.3) is 6.08 Å². The highest BCUT2D eigenvalue weighted by Crippen LogP contribution is 2.29. The van der Waals surface area contributed by atoms with E-state index in [1.54, 1.807) is 44.4 Å². The summed E-state index contributed by atoms with van der Waals surface area (Å²) in [6.07, 6.45) is 5.25. The van der Waals surface area contributed by atoms with Crippen LogP contribution >= 0.6 is 0 Å². The number of carbonyl (C=O) groups excluding carboxylic acids is 2. The van der Waals surface area contributed by atoms with E-state index in [2.05, 4.69) is 26.0 Å². The molecule has 29 heavy (non-hydrogen) atoms. The molecule has 0 saturated heterocycles. The molecule has 2 aromatic rings. The zero-order valence-corrected chi connectivity index (χ0v) is 18.3. The van der Waals surface area contributed by atoms with Gasteiger partial charge in [-0.2, -0.15) is 0 Å². The number of allylic oxidation sites excluding steroid dienone is 1. The van der Waals surface area contributed by atoms with Gasteiger partial charge >= 0.3 is 0 Å². The van der Waals surface area contributed by atoms with Gasteiger partial charge in [-0.25, -0.2) is 0 Å². The first-order valence-electron chi connectivity index (χ1n) is 10.1.